The molecule has 3 rings (SSSR count). The molecule has 0 atom stereocenters. The van der Waals surface area contributed by atoms with Crippen molar-refractivity contribution >= 4 is 28.2 Å². The number of pyridine rings is 1. The first-order valence-electron chi connectivity index (χ1n) is 8.47. The van der Waals surface area contributed by atoms with Crippen LogP contribution in [0.1, 0.15) is 15.9 Å². The molecule has 0 aliphatic rings. The first-order valence-corrected chi connectivity index (χ1v) is 8.47. The van der Waals surface area contributed by atoms with Crippen molar-refractivity contribution in [3.05, 3.63) is 70.0 Å². The number of hydrogen-bond acceptors (Lipinski definition) is 3. The number of aryl methyl sites for hydroxylation is 2. The summed E-state index contributed by atoms with van der Waals surface area (Å²) in [5, 5.41) is 0.921. The predicted molar refractivity (Wildman–Crippen MR) is 107 cm³/mol. The second-order valence-corrected chi connectivity index (χ2v) is 6.65. The monoisotopic (exact) mass is 349 g/mol. The second kappa shape index (κ2) is 6.67. The van der Waals surface area contributed by atoms with Gasteiger partial charge in [0.15, 0.2) is 0 Å². The lowest BCUT2D eigenvalue weighted by molar-refractivity contribution is 0.0992. The van der Waals surface area contributed by atoms with Gasteiger partial charge < -0.3 is 14.4 Å². The molecule has 1 amide bonds. The quantitative estimate of drug-likeness (QED) is 0.729. The molecule has 0 bridgehead atoms. The summed E-state index contributed by atoms with van der Waals surface area (Å²) in [6, 6.07) is 15.2. The highest BCUT2D eigenvalue weighted by Crippen LogP contribution is 2.31. The van der Waals surface area contributed by atoms with Gasteiger partial charge in [-0.25, -0.2) is 0 Å². The zero-order chi connectivity index (χ0) is 19.0. The Balaban J connectivity index is 2.34. The van der Waals surface area contributed by atoms with Crippen LogP contribution in [-0.4, -0.2) is 31.6 Å². The molecule has 0 fully saturated rings. The molecule has 134 valence electrons. The van der Waals surface area contributed by atoms with E-state index in [-0.39, 0.29) is 17.0 Å². The molecule has 0 saturated carbocycles. The lowest BCUT2D eigenvalue weighted by Gasteiger charge is -2.25. The minimum atomic E-state index is -0.314. The van der Waals surface area contributed by atoms with Crippen molar-refractivity contribution in [3.63, 3.8) is 0 Å². The van der Waals surface area contributed by atoms with Crippen molar-refractivity contribution in [2.24, 2.45) is 7.05 Å². The molecule has 0 aliphatic carbocycles. The maximum absolute atomic E-state index is 13.3. The van der Waals surface area contributed by atoms with E-state index in [0.29, 0.717) is 5.69 Å². The Morgan fingerprint density at radius 2 is 1.62 bits per heavy atom. The van der Waals surface area contributed by atoms with Crippen molar-refractivity contribution in [2.45, 2.75) is 6.92 Å². The number of rotatable bonds is 3. The number of carbonyl (C=O) groups excluding carboxylic acids is 1. The van der Waals surface area contributed by atoms with Crippen LogP contribution in [0, 0.1) is 6.92 Å². The van der Waals surface area contributed by atoms with Crippen molar-refractivity contribution in [2.75, 3.05) is 30.9 Å². The Morgan fingerprint density at radius 1 is 0.962 bits per heavy atom. The van der Waals surface area contributed by atoms with Crippen LogP contribution < -0.4 is 15.4 Å². The second-order valence-electron chi connectivity index (χ2n) is 6.65. The summed E-state index contributed by atoms with van der Waals surface area (Å²) >= 11 is 0. The summed E-state index contributed by atoms with van der Waals surface area (Å²) in [6.07, 6.45) is 0. The van der Waals surface area contributed by atoms with Crippen molar-refractivity contribution in [1.82, 2.24) is 4.57 Å². The third-order valence-corrected chi connectivity index (χ3v) is 4.71. The van der Waals surface area contributed by atoms with Crippen LogP contribution in [0.3, 0.4) is 0 Å². The summed E-state index contributed by atoms with van der Waals surface area (Å²) in [7, 11) is 7.13. The van der Waals surface area contributed by atoms with Gasteiger partial charge in [0.05, 0.1) is 11.2 Å². The highest BCUT2D eigenvalue weighted by molar-refractivity contribution is 6.14. The van der Waals surface area contributed by atoms with E-state index in [9.17, 15) is 9.59 Å². The van der Waals surface area contributed by atoms with Crippen molar-refractivity contribution in [1.29, 1.82) is 0 Å². The van der Waals surface area contributed by atoms with Crippen LogP contribution in [0.5, 0.6) is 0 Å². The number of carbonyl (C=O) groups is 1. The summed E-state index contributed by atoms with van der Waals surface area (Å²) < 4.78 is 1.56. The molecule has 1 aromatic heterocycles. The van der Waals surface area contributed by atoms with E-state index in [4.69, 9.17) is 0 Å². The van der Waals surface area contributed by atoms with Crippen molar-refractivity contribution < 1.29 is 4.79 Å². The fourth-order valence-corrected chi connectivity index (χ4v) is 3.32. The molecule has 2 aromatic carbocycles. The molecule has 5 heteroatoms. The fraction of sp³-hybridized carbons (Fsp3) is 0.238. The molecular formula is C21H23N3O2. The minimum absolute atomic E-state index is 0.186. The van der Waals surface area contributed by atoms with E-state index in [2.05, 4.69) is 0 Å². The van der Waals surface area contributed by atoms with Crippen molar-refractivity contribution in [3.8, 4) is 0 Å². The van der Waals surface area contributed by atoms with Crippen LogP contribution >= 0.6 is 0 Å². The highest BCUT2D eigenvalue weighted by atomic mass is 16.2. The Hall–Kier alpha value is -3.08. The molecule has 0 unspecified atom stereocenters. The van der Waals surface area contributed by atoms with Gasteiger partial charge >= 0.3 is 0 Å². The van der Waals surface area contributed by atoms with Crippen LogP contribution in [0.2, 0.25) is 0 Å². The van der Waals surface area contributed by atoms with E-state index in [1.54, 1.807) is 18.7 Å². The number of nitrogens with zero attached hydrogens (tertiary/aromatic N) is 3. The minimum Gasteiger partial charge on any atom is -0.376 e. The SMILES string of the molecule is Cc1cccc2c1c(N(C)C)c(C(=O)N(C)c1ccccc1)c(=O)n2C. The average molecular weight is 349 g/mol. The Morgan fingerprint density at radius 3 is 2.23 bits per heavy atom. The smallest absolute Gasteiger partial charge is 0.265 e. The molecule has 5 nitrogen and oxygen atoms in total. The molecule has 0 aliphatic heterocycles. The maximum Gasteiger partial charge on any atom is 0.265 e. The Bertz CT molecular complexity index is 1040. The van der Waals surface area contributed by atoms with Gasteiger partial charge in [-0.15, -0.1) is 0 Å². The zero-order valence-electron chi connectivity index (χ0n) is 15.8. The lowest BCUT2D eigenvalue weighted by Crippen LogP contribution is -2.36. The number of anilines is 2. The van der Waals surface area contributed by atoms with Gasteiger partial charge in [0.25, 0.3) is 11.5 Å². The molecule has 26 heavy (non-hydrogen) atoms. The van der Waals surface area contributed by atoms with E-state index in [1.165, 1.54) is 4.90 Å². The fourth-order valence-electron chi connectivity index (χ4n) is 3.32. The lowest BCUT2D eigenvalue weighted by atomic mass is 10.0. The molecule has 0 saturated heterocycles. The Kier molecular flexibility index (Phi) is 4.55. The first kappa shape index (κ1) is 17.7. The molecule has 1 heterocycles. The predicted octanol–water partition coefficient (Wildman–Crippen LogP) is 3.19. The largest absolute Gasteiger partial charge is 0.376 e. The number of para-hydroxylation sites is 1. The molecule has 0 N–H and O–H groups in total. The van der Waals surface area contributed by atoms with Gasteiger partial charge in [0, 0.05) is 39.3 Å². The van der Waals surface area contributed by atoms with Gasteiger partial charge in [0.2, 0.25) is 0 Å². The number of aromatic nitrogens is 1. The first-order chi connectivity index (χ1) is 12.3. The molecule has 3 aromatic rings. The summed E-state index contributed by atoms with van der Waals surface area (Å²) in [5.41, 5.74) is 3.14. The van der Waals surface area contributed by atoms with Gasteiger partial charge in [0.1, 0.15) is 5.56 Å². The zero-order valence-corrected chi connectivity index (χ0v) is 15.8. The van der Waals surface area contributed by atoms with Gasteiger partial charge in [-0.2, -0.15) is 0 Å². The third kappa shape index (κ3) is 2.75. The molecule has 0 radical (unpaired) electrons. The number of fused-ring (bicyclic) bond motifs is 1. The van der Waals surface area contributed by atoms with Crippen LogP contribution in [0.4, 0.5) is 11.4 Å². The number of amides is 1. The summed E-state index contributed by atoms with van der Waals surface area (Å²) in [6.45, 7) is 2.00. The molecular weight excluding hydrogens is 326 g/mol. The van der Waals surface area contributed by atoms with E-state index < -0.39 is 0 Å². The topological polar surface area (TPSA) is 45.6 Å². The van der Waals surface area contributed by atoms with E-state index >= 15 is 0 Å². The summed E-state index contributed by atoms with van der Waals surface area (Å²) in [4.78, 5) is 29.7. The maximum atomic E-state index is 13.3. The Labute approximate surface area is 153 Å². The van der Waals surface area contributed by atoms with Crippen LogP contribution in [0.15, 0.2) is 53.3 Å². The van der Waals surface area contributed by atoms with E-state index in [0.717, 1.165) is 22.2 Å². The highest BCUT2D eigenvalue weighted by Gasteiger charge is 2.26. The van der Waals surface area contributed by atoms with Gasteiger partial charge in [-0.05, 0) is 30.7 Å². The average Bonchev–Trinajstić information content (AvgIpc) is 2.64. The normalized spacial score (nSPS) is 10.8. The summed E-state index contributed by atoms with van der Waals surface area (Å²) in [5.74, 6) is -0.314. The van der Waals surface area contributed by atoms with E-state index in [1.807, 2.05) is 74.4 Å². The van der Waals surface area contributed by atoms with Crippen LogP contribution in [-0.2, 0) is 7.05 Å². The number of benzene rings is 2. The van der Waals surface area contributed by atoms with Crippen LogP contribution in [0.25, 0.3) is 10.9 Å². The number of hydrogen-bond donors (Lipinski definition) is 0. The third-order valence-electron chi connectivity index (χ3n) is 4.71. The van der Waals surface area contributed by atoms with Gasteiger partial charge in [-0.3, -0.25) is 9.59 Å². The molecule has 0 spiro atoms. The van der Waals surface area contributed by atoms with Gasteiger partial charge in [-0.1, -0.05) is 30.3 Å². The standard InChI is InChI=1S/C21H23N3O2/c1-14-10-9-13-16-17(14)19(22(2)3)18(21(26)24(16)5)20(25)23(4)15-11-7-6-8-12-15/h6-13H,1-5H3.